The fourth-order valence-corrected chi connectivity index (χ4v) is 3.52. The molecule has 0 aromatic carbocycles. The second kappa shape index (κ2) is 6.90. The Morgan fingerprint density at radius 1 is 1.40 bits per heavy atom. The van der Waals surface area contributed by atoms with Gasteiger partial charge in [-0.15, -0.1) is 0 Å². The molecule has 1 unspecified atom stereocenters. The maximum Gasteiger partial charge on any atom is 0.227 e. The Morgan fingerprint density at radius 2 is 2.10 bits per heavy atom. The second-order valence-electron chi connectivity index (χ2n) is 6.79. The summed E-state index contributed by atoms with van der Waals surface area (Å²) in [5.41, 5.74) is -0.159. The molecule has 4 nitrogen and oxygen atoms in total. The Balaban J connectivity index is 1.85. The van der Waals surface area contributed by atoms with Gasteiger partial charge in [0.15, 0.2) is 0 Å². The Labute approximate surface area is 123 Å². The molecule has 1 amide bonds. The number of amides is 1. The molecule has 4 heteroatoms. The minimum atomic E-state index is -0.159. The summed E-state index contributed by atoms with van der Waals surface area (Å²) in [6, 6.07) is 0.999. The Bertz CT molecular complexity index is 316. The lowest BCUT2D eigenvalue weighted by molar-refractivity contribution is -0.133. The highest BCUT2D eigenvalue weighted by molar-refractivity contribution is 5.83. The summed E-state index contributed by atoms with van der Waals surface area (Å²) in [4.78, 5) is 15.2. The zero-order chi connectivity index (χ0) is 14.6. The van der Waals surface area contributed by atoms with Gasteiger partial charge in [0.05, 0.1) is 5.41 Å². The average Bonchev–Trinajstić information content (AvgIpc) is 2.48. The maximum atomic E-state index is 12.7. The van der Waals surface area contributed by atoms with Gasteiger partial charge in [0.25, 0.3) is 0 Å². The predicted octanol–water partition coefficient (Wildman–Crippen LogP) is 1.76. The lowest BCUT2D eigenvalue weighted by Gasteiger charge is -2.39. The third-order valence-electron chi connectivity index (χ3n) is 5.23. The van der Waals surface area contributed by atoms with Crippen LogP contribution in [0.3, 0.4) is 0 Å². The summed E-state index contributed by atoms with van der Waals surface area (Å²) >= 11 is 0. The van der Waals surface area contributed by atoms with Crippen LogP contribution in [-0.2, 0) is 4.79 Å². The molecule has 2 N–H and O–H groups in total. The maximum absolute atomic E-state index is 12.7. The molecule has 0 aromatic heterocycles. The zero-order valence-corrected chi connectivity index (χ0v) is 13.4. The molecule has 2 rings (SSSR count). The van der Waals surface area contributed by atoms with Gasteiger partial charge >= 0.3 is 0 Å². The number of nitrogens with one attached hydrogen (secondary N) is 2. The normalized spacial score (nSPS) is 29.6. The molecule has 0 radical (unpaired) electrons. The molecule has 0 bridgehead atoms. The van der Waals surface area contributed by atoms with Gasteiger partial charge in [-0.3, -0.25) is 4.79 Å². The van der Waals surface area contributed by atoms with Crippen molar-refractivity contribution in [3.8, 4) is 0 Å². The van der Waals surface area contributed by atoms with E-state index in [2.05, 4.69) is 36.3 Å². The molecule has 116 valence electrons. The first-order valence-corrected chi connectivity index (χ1v) is 8.33. The van der Waals surface area contributed by atoms with Crippen LogP contribution in [0.5, 0.6) is 0 Å². The van der Waals surface area contributed by atoms with E-state index < -0.39 is 0 Å². The van der Waals surface area contributed by atoms with E-state index in [1.165, 1.54) is 0 Å². The fourth-order valence-electron chi connectivity index (χ4n) is 3.52. The molecule has 2 heterocycles. The van der Waals surface area contributed by atoms with Crippen LogP contribution in [0.2, 0.25) is 0 Å². The van der Waals surface area contributed by atoms with Crippen LogP contribution in [0.4, 0.5) is 0 Å². The first-order valence-electron chi connectivity index (χ1n) is 8.33. The Hall–Kier alpha value is -0.610. The lowest BCUT2D eigenvalue weighted by atomic mass is 9.77. The van der Waals surface area contributed by atoms with Crippen molar-refractivity contribution in [1.29, 1.82) is 0 Å². The van der Waals surface area contributed by atoms with Gasteiger partial charge in [-0.2, -0.15) is 0 Å². The highest BCUT2D eigenvalue weighted by Gasteiger charge is 2.38. The summed E-state index contributed by atoms with van der Waals surface area (Å²) in [5.74, 6) is 0.287. The lowest BCUT2D eigenvalue weighted by Crippen LogP contribution is -2.54. The quantitative estimate of drug-likeness (QED) is 0.825. The van der Waals surface area contributed by atoms with Crippen molar-refractivity contribution in [2.75, 3.05) is 26.2 Å². The number of likely N-dealkylation sites (tertiary alicyclic amines) is 1. The number of piperidine rings is 2. The van der Waals surface area contributed by atoms with Crippen LogP contribution in [0, 0.1) is 5.41 Å². The van der Waals surface area contributed by atoms with E-state index in [0.717, 1.165) is 58.3 Å². The van der Waals surface area contributed by atoms with Crippen LogP contribution in [0.25, 0.3) is 0 Å². The summed E-state index contributed by atoms with van der Waals surface area (Å²) in [5, 5.41) is 6.73. The van der Waals surface area contributed by atoms with E-state index in [0.29, 0.717) is 12.1 Å². The number of hydrogen-bond donors (Lipinski definition) is 2. The van der Waals surface area contributed by atoms with Crippen molar-refractivity contribution in [2.45, 2.75) is 65.0 Å². The smallest absolute Gasteiger partial charge is 0.227 e. The van der Waals surface area contributed by atoms with E-state index in [1.54, 1.807) is 0 Å². The van der Waals surface area contributed by atoms with Crippen molar-refractivity contribution in [2.24, 2.45) is 5.41 Å². The Morgan fingerprint density at radius 3 is 2.60 bits per heavy atom. The summed E-state index contributed by atoms with van der Waals surface area (Å²) in [6.07, 6.45) is 5.28. The van der Waals surface area contributed by atoms with Crippen LogP contribution in [-0.4, -0.2) is 49.1 Å². The first kappa shape index (κ1) is 15.8. The van der Waals surface area contributed by atoms with E-state index in [1.807, 2.05) is 0 Å². The van der Waals surface area contributed by atoms with E-state index in [-0.39, 0.29) is 11.3 Å². The van der Waals surface area contributed by atoms with Crippen LogP contribution in [0.1, 0.15) is 52.9 Å². The second-order valence-corrected chi connectivity index (χ2v) is 6.79. The Kier molecular flexibility index (Phi) is 5.44. The molecule has 2 fully saturated rings. The molecular weight excluding hydrogens is 250 g/mol. The van der Waals surface area contributed by atoms with Crippen LogP contribution in [0.15, 0.2) is 0 Å². The average molecular weight is 281 g/mol. The molecule has 0 saturated carbocycles. The number of carbonyl (C=O) groups excluding carboxylic acids is 1. The summed E-state index contributed by atoms with van der Waals surface area (Å²) in [7, 11) is 0. The van der Waals surface area contributed by atoms with Crippen LogP contribution >= 0.6 is 0 Å². The topological polar surface area (TPSA) is 44.4 Å². The van der Waals surface area contributed by atoms with E-state index in [4.69, 9.17) is 0 Å². The summed E-state index contributed by atoms with van der Waals surface area (Å²) in [6.45, 7) is 10.8. The third kappa shape index (κ3) is 3.53. The first-order chi connectivity index (χ1) is 9.57. The van der Waals surface area contributed by atoms with Gasteiger partial charge in [0.2, 0.25) is 5.91 Å². The van der Waals surface area contributed by atoms with Crippen LogP contribution < -0.4 is 10.6 Å². The third-order valence-corrected chi connectivity index (χ3v) is 5.23. The molecule has 1 atom stereocenters. The molecule has 20 heavy (non-hydrogen) atoms. The standard InChI is InChI=1S/C16H31N3O/c1-4-16(8-5-9-17-12-16)15(20)18-14-6-10-19(11-7-14)13(2)3/h13-14,17H,4-12H2,1-3H3,(H,18,20). The highest BCUT2D eigenvalue weighted by Crippen LogP contribution is 2.30. The van der Waals surface area contributed by atoms with Crippen molar-refractivity contribution >= 4 is 5.91 Å². The number of carbonyl (C=O) groups is 1. The van der Waals surface area contributed by atoms with Crippen molar-refractivity contribution in [3.05, 3.63) is 0 Å². The van der Waals surface area contributed by atoms with Gasteiger partial charge in [0, 0.05) is 31.7 Å². The fraction of sp³-hybridized carbons (Fsp3) is 0.938. The molecule has 2 aliphatic heterocycles. The van der Waals surface area contributed by atoms with Crippen molar-refractivity contribution < 1.29 is 4.79 Å². The highest BCUT2D eigenvalue weighted by atomic mass is 16.2. The zero-order valence-electron chi connectivity index (χ0n) is 13.4. The van der Waals surface area contributed by atoms with Gasteiger partial charge in [-0.05, 0) is 52.5 Å². The van der Waals surface area contributed by atoms with Crippen molar-refractivity contribution in [3.63, 3.8) is 0 Å². The molecule has 2 aliphatic rings. The van der Waals surface area contributed by atoms with Crippen molar-refractivity contribution in [1.82, 2.24) is 15.5 Å². The van der Waals surface area contributed by atoms with E-state index in [9.17, 15) is 4.79 Å². The minimum absolute atomic E-state index is 0.159. The number of nitrogens with zero attached hydrogens (tertiary/aromatic N) is 1. The molecule has 2 saturated heterocycles. The summed E-state index contributed by atoms with van der Waals surface area (Å²) < 4.78 is 0. The van der Waals surface area contributed by atoms with E-state index >= 15 is 0 Å². The van der Waals surface area contributed by atoms with Gasteiger partial charge in [-0.25, -0.2) is 0 Å². The number of hydrogen-bond acceptors (Lipinski definition) is 3. The monoisotopic (exact) mass is 281 g/mol. The minimum Gasteiger partial charge on any atom is -0.353 e. The molecule has 0 spiro atoms. The molecular formula is C16H31N3O. The molecule has 0 aromatic rings. The molecule has 0 aliphatic carbocycles. The SMILES string of the molecule is CCC1(C(=O)NC2CCN(C(C)C)CC2)CCCNC1. The predicted molar refractivity (Wildman–Crippen MR) is 82.7 cm³/mol. The van der Waals surface area contributed by atoms with Gasteiger partial charge in [0.1, 0.15) is 0 Å². The number of rotatable bonds is 4. The van der Waals surface area contributed by atoms with Gasteiger partial charge in [-0.1, -0.05) is 6.92 Å². The largest absolute Gasteiger partial charge is 0.353 e. The van der Waals surface area contributed by atoms with Gasteiger partial charge < -0.3 is 15.5 Å².